The van der Waals surface area contributed by atoms with E-state index < -0.39 is 0 Å². The van der Waals surface area contributed by atoms with E-state index in [0.29, 0.717) is 0 Å². The van der Waals surface area contributed by atoms with E-state index >= 15 is 0 Å². The van der Waals surface area contributed by atoms with E-state index in [4.69, 9.17) is 0 Å². The van der Waals surface area contributed by atoms with Crippen LogP contribution in [0.15, 0.2) is 0 Å². The van der Waals surface area contributed by atoms with Crippen LogP contribution in [-0.4, -0.2) is 0 Å². The minimum absolute atomic E-state index is 0.974. The van der Waals surface area contributed by atoms with Gasteiger partial charge < -0.3 is 0 Å². The Bertz CT molecular complexity index is 422. The van der Waals surface area contributed by atoms with Gasteiger partial charge in [0.25, 0.3) is 0 Å². The zero-order valence-corrected chi connectivity index (χ0v) is 16.8. The number of rotatable bonds is 3. The molecule has 0 aliphatic heterocycles. The van der Waals surface area contributed by atoms with Crippen molar-refractivity contribution >= 4 is 0 Å². The fourth-order valence-corrected chi connectivity index (χ4v) is 7.12. The summed E-state index contributed by atoms with van der Waals surface area (Å²) in [6, 6.07) is 0. The average molecular weight is 331 g/mol. The van der Waals surface area contributed by atoms with Crippen LogP contribution in [0.1, 0.15) is 91.9 Å². The summed E-state index contributed by atoms with van der Waals surface area (Å²) < 4.78 is 0. The van der Waals surface area contributed by atoms with Gasteiger partial charge in [-0.3, -0.25) is 0 Å². The van der Waals surface area contributed by atoms with Crippen molar-refractivity contribution in [3.8, 4) is 0 Å². The van der Waals surface area contributed by atoms with E-state index in [0.717, 1.165) is 59.2 Å². The third-order valence-electron chi connectivity index (χ3n) is 9.15. The lowest BCUT2D eigenvalue weighted by atomic mass is 9.73. The Labute approximate surface area is 151 Å². The summed E-state index contributed by atoms with van der Waals surface area (Å²) in [6.07, 6.45) is 15.4. The summed E-state index contributed by atoms with van der Waals surface area (Å²) >= 11 is 0. The van der Waals surface area contributed by atoms with Crippen molar-refractivity contribution in [1.82, 2.24) is 0 Å². The molecule has 4 aliphatic rings. The first-order valence-electron chi connectivity index (χ1n) is 11.6. The Kier molecular flexibility index (Phi) is 5.05. The van der Waals surface area contributed by atoms with E-state index in [-0.39, 0.29) is 0 Å². The lowest BCUT2D eigenvalue weighted by Gasteiger charge is -2.32. The molecule has 138 valence electrons. The summed E-state index contributed by atoms with van der Waals surface area (Å²) in [5.41, 5.74) is 0. The molecule has 9 atom stereocenters. The zero-order valence-electron chi connectivity index (χ0n) is 16.8. The first kappa shape index (κ1) is 17.4. The molecular weight excluding hydrogens is 288 g/mol. The second-order valence-corrected chi connectivity index (χ2v) is 10.8. The van der Waals surface area contributed by atoms with E-state index in [9.17, 15) is 0 Å². The fraction of sp³-hybridized carbons (Fsp3) is 1.00. The molecule has 0 aromatic heterocycles. The second-order valence-electron chi connectivity index (χ2n) is 10.8. The van der Waals surface area contributed by atoms with Gasteiger partial charge in [-0.15, -0.1) is 0 Å². The first-order chi connectivity index (χ1) is 11.6. The predicted molar refractivity (Wildman–Crippen MR) is 104 cm³/mol. The summed E-state index contributed by atoms with van der Waals surface area (Å²) in [4.78, 5) is 0. The van der Waals surface area contributed by atoms with Gasteiger partial charge in [0, 0.05) is 0 Å². The monoisotopic (exact) mass is 330 g/mol. The SMILES string of the molecule is CC1CCC(C2CC2C)CCCC(C)C(C2C(C)C2C2CCC2)C1. The van der Waals surface area contributed by atoms with E-state index in [1.165, 1.54) is 25.7 Å². The molecule has 24 heavy (non-hydrogen) atoms. The minimum Gasteiger partial charge on any atom is -0.0625 e. The van der Waals surface area contributed by atoms with Crippen molar-refractivity contribution in [2.45, 2.75) is 91.9 Å². The maximum Gasteiger partial charge on any atom is -0.0321 e. The first-order valence-corrected chi connectivity index (χ1v) is 11.6. The standard InChI is InChI=1S/C24H42/c1-15-11-12-19(21-14-17(21)3)8-5-7-16(2)22(13-15)24-18(4)23(24)20-9-6-10-20/h15-24H,5-14H2,1-4H3. The molecule has 0 bridgehead atoms. The third-order valence-corrected chi connectivity index (χ3v) is 9.15. The van der Waals surface area contributed by atoms with Crippen LogP contribution in [-0.2, 0) is 0 Å². The highest BCUT2D eigenvalue weighted by molar-refractivity contribution is 5.04. The molecule has 4 saturated carbocycles. The molecule has 0 saturated heterocycles. The molecule has 0 N–H and O–H groups in total. The van der Waals surface area contributed by atoms with Crippen molar-refractivity contribution in [1.29, 1.82) is 0 Å². The maximum atomic E-state index is 2.62. The van der Waals surface area contributed by atoms with Crippen LogP contribution in [0.3, 0.4) is 0 Å². The van der Waals surface area contributed by atoms with Crippen molar-refractivity contribution in [2.24, 2.45) is 59.2 Å². The van der Waals surface area contributed by atoms with Gasteiger partial charge in [0.05, 0.1) is 0 Å². The van der Waals surface area contributed by atoms with Gasteiger partial charge in [-0.2, -0.15) is 0 Å². The van der Waals surface area contributed by atoms with E-state index in [1.54, 1.807) is 38.5 Å². The van der Waals surface area contributed by atoms with Gasteiger partial charge in [-0.25, -0.2) is 0 Å². The van der Waals surface area contributed by atoms with Crippen LogP contribution >= 0.6 is 0 Å². The molecule has 0 nitrogen and oxygen atoms in total. The van der Waals surface area contributed by atoms with Gasteiger partial charge in [0.1, 0.15) is 0 Å². The molecule has 0 spiro atoms. The Morgan fingerprint density at radius 2 is 1.21 bits per heavy atom. The number of hydrogen-bond donors (Lipinski definition) is 0. The summed E-state index contributed by atoms with van der Waals surface area (Å²) in [6.45, 7) is 10.3. The van der Waals surface area contributed by atoms with Crippen LogP contribution in [0.4, 0.5) is 0 Å². The normalized spacial score (nSPS) is 53.2. The van der Waals surface area contributed by atoms with Gasteiger partial charge >= 0.3 is 0 Å². The average Bonchev–Trinajstić information content (AvgIpc) is 3.37. The van der Waals surface area contributed by atoms with Gasteiger partial charge in [-0.05, 0) is 78.4 Å². The number of hydrogen-bond acceptors (Lipinski definition) is 0. The molecule has 0 aromatic carbocycles. The Morgan fingerprint density at radius 1 is 0.542 bits per heavy atom. The molecule has 4 rings (SSSR count). The molecule has 0 heterocycles. The van der Waals surface area contributed by atoms with Crippen molar-refractivity contribution in [3.05, 3.63) is 0 Å². The quantitative estimate of drug-likeness (QED) is 0.514. The highest BCUT2D eigenvalue weighted by Gasteiger charge is 2.56. The van der Waals surface area contributed by atoms with Crippen LogP contribution in [0.2, 0.25) is 0 Å². The van der Waals surface area contributed by atoms with Gasteiger partial charge in [0.2, 0.25) is 0 Å². The van der Waals surface area contributed by atoms with Crippen molar-refractivity contribution in [3.63, 3.8) is 0 Å². The van der Waals surface area contributed by atoms with Crippen LogP contribution < -0.4 is 0 Å². The largest absolute Gasteiger partial charge is 0.0625 e. The Morgan fingerprint density at radius 3 is 1.83 bits per heavy atom. The third kappa shape index (κ3) is 3.45. The smallest absolute Gasteiger partial charge is 0.0321 e. The van der Waals surface area contributed by atoms with E-state index in [1.807, 2.05) is 0 Å². The molecule has 9 unspecified atom stereocenters. The fourth-order valence-electron chi connectivity index (χ4n) is 7.12. The maximum absolute atomic E-state index is 2.62. The summed E-state index contributed by atoms with van der Waals surface area (Å²) in [5.74, 6) is 10.7. The van der Waals surface area contributed by atoms with Crippen molar-refractivity contribution in [2.75, 3.05) is 0 Å². The Hall–Kier alpha value is 0. The molecule has 4 aliphatic carbocycles. The van der Waals surface area contributed by atoms with Gasteiger partial charge in [-0.1, -0.05) is 72.6 Å². The van der Waals surface area contributed by atoms with Crippen LogP contribution in [0.5, 0.6) is 0 Å². The van der Waals surface area contributed by atoms with Gasteiger partial charge in [0.15, 0.2) is 0 Å². The van der Waals surface area contributed by atoms with E-state index in [2.05, 4.69) is 27.7 Å². The topological polar surface area (TPSA) is 0 Å². The molecule has 0 heteroatoms. The summed E-state index contributed by atoms with van der Waals surface area (Å²) in [7, 11) is 0. The van der Waals surface area contributed by atoms with Crippen LogP contribution in [0, 0.1) is 59.2 Å². The highest BCUT2D eigenvalue weighted by atomic mass is 14.6. The van der Waals surface area contributed by atoms with Crippen LogP contribution in [0.25, 0.3) is 0 Å². The lowest BCUT2D eigenvalue weighted by molar-refractivity contribution is 0.178. The Balaban J connectivity index is 1.37. The summed E-state index contributed by atoms with van der Waals surface area (Å²) in [5, 5.41) is 0. The zero-order chi connectivity index (χ0) is 16.8. The molecular formula is C24H42. The lowest BCUT2D eigenvalue weighted by Crippen LogP contribution is -2.23. The molecule has 4 fully saturated rings. The predicted octanol–water partition coefficient (Wildman–Crippen LogP) is 7.18. The molecule has 0 amide bonds. The molecule has 0 radical (unpaired) electrons. The minimum atomic E-state index is 0.974. The second kappa shape index (κ2) is 6.96. The highest BCUT2D eigenvalue weighted by Crippen LogP contribution is 2.62. The molecule has 0 aromatic rings. The van der Waals surface area contributed by atoms with Crippen molar-refractivity contribution < 1.29 is 0 Å².